The van der Waals surface area contributed by atoms with Crippen molar-refractivity contribution in [2.45, 2.75) is 32.6 Å². The third-order valence-electron chi connectivity index (χ3n) is 8.00. The number of nitrogens with two attached hydrogens (primary N) is 2. The van der Waals surface area contributed by atoms with Gasteiger partial charge >= 0.3 is 11.9 Å². The van der Waals surface area contributed by atoms with Crippen molar-refractivity contribution < 1.29 is 38.5 Å². The van der Waals surface area contributed by atoms with E-state index in [2.05, 4.69) is 41.2 Å². The van der Waals surface area contributed by atoms with Gasteiger partial charge in [-0.05, 0) is 55.0 Å². The highest BCUT2D eigenvalue weighted by atomic mass is 16.6. The van der Waals surface area contributed by atoms with Crippen molar-refractivity contribution >= 4 is 35.1 Å². The number of nitro groups is 2. The molecule has 0 spiro atoms. The van der Waals surface area contributed by atoms with Crippen LogP contribution in [0.3, 0.4) is 0 Å². The van der Waals surface area contributed by atoms with Crippen molar-refractivity contribution in [1.82, 2.24) is 30.6 Å². The summed E-state index contributed by atoms with van der Waals surface area (Å²) in [5.41, 5.74) is 12.9. The summed E-state index contributed by atoms with van der Waals surface area (Å²) in [4.78, 5) is 64.1. The first-order valence-electron chi connectivity index (χ1n) is 18.5. The number of methoxy groups -OCH3 is 2. The zero-order valence-electron chi connectivity index (χ0n) is 34.1. The van der Waals surface area contributed by atoms with Gasteiger partial charge in [0.05, 0.1) is 52.1 Å². The van der Waals surface area contributed by atoms with E-state index in [-0.39, 0.29) is 40.4 Å². The highest BCUT2D eigenvalue weighted by Crippen LogP contribution is 2.29. The molecular formula is C43H40N10O10. The molecule has 0 atom stereocenters. The quantitative estimate of drug-likeness (QED) is 0.0621. The second-order valence-corrected chi connectivity index (χ2v) is 12.4. The van der Waals surface area contributed by atoms with Crippen molar-refractivity contribution in [2.75, 3.05) is 14.2 Å². The van der Waals surface area contributed by atoms with Crippen LogP contribution in [0.1, 0.15) is 53.3 Å². The smallest absolute Gasteiger partial charge is 0.337 e. The predicted octanol–water partition coefficient (Wildman–Crippen LogP) is 5.96. The first-order chi connectivity index (χ1) is 30.2. The van der Waals surface area contributed by atoms with Crippen LogP contribution in [0.4, 0.5) is 11.4 Å². The normalized spacial score (nSPS) is 9.75. The molecule has 0 saturated heterocycles. The number of esters is 2. The molecule has 2 heterocycles. The molecule has 0 saturated carbocycles. The Kier molecular flexibility index (Phi) is 19.2. The number of carbonyl (C=O) groups excluding carboxylic acids is 4. The Hall–Kier alpha value is -8.86. The molecule has 2 aromatic heterocycles. The minimum absolute atomic E-state index is 0.0303. The third-order valence-corrected chi connectivity index (χ3v) is 8.00. The van der Waals surface area contributed by atoms with Gasteiger partial charge in [-0.2, -0.15) is 0 Å². The van der Waals surface area contributed by atoms with Crippen LogP contribution >= 0.6 is 0 Å². The Balaban J connectivity index is 0.000000263. The SMILES string of the molecule is C#CCCC(N)=O.CCCC(N)=O.COC(=O)c1cccc(-c2ccc(-c3ccccc3[N+](=O)[O-])nn2)c1.COC(=O)c1cccc(-c2nnc(-c3ccccc3[N+](=O)[O-])nn2)c1. The molecule has 20 heteroatoms. The zero-order valence-corrected chi connectivity index (χ0v) is 34.1. The van der Waals surface area contributed by atoms with Crippen LogP contribution in [0, 0.1) is 32.6 Å². The largest absolute Gasteiger partial charge is 0.465 e. The summed E-state index contributed by atoms with van der Waals surface area (Å²) in [6, 6.07) is 29.1. The first-order valence-corrected chi connectivity index (χ1v) is 18.5. The lowest BCUT2D eigenvalue weighted by atomic mass is 10.1. The molecule has 63 heavy (non-hydrogen) atoms. The number of para-hydroxylation sites is 2. The van der Waals surface area contributed by atoms with E-state index < -0.39 is 21.8 Å². The molecule has 0 aliphatic carbocycles. The summed E-state index contributed by atoms with van der Waals surface area (Å²) in [5.74, 6) is 1.06. The van der Waals surface area contributed by atoms with Crippen LogP contribution < -0.4 is 11.5 Å². The van der Waals surface area contributed by atoms with Crippen molar-refractivity contribution in [3.63, 3.8) is 0 Å². The summed E-state index contributed by atoms with van der Waals surface area (Å²) in [5, 5.41) is 46.2. The van der Waals surface area contributed by atoms with E-state index in [1.807, 2.05) is 6.92 Å². The number of hydrogen-bond acceptors (Lipinski definition) is 16. The average molecular weight is 857 g/mol. The van der Waals surface area contributed by atoms with E-state index in [4.69, 9.17) is 22.6 Å². The monoisotopic (exact) mass is 856 g/mol. The van der Waals surface area contributed by atoms with Gasteiger partial charge in [-0.15, -0.1) is 42.9 Å². The second kappa shape index (κ2) is 24.9. The summed E-state index contributed by atoms with van der Waals surface area (Å²) >= 11 is 0. The fraction of sp³-hybridized carbons (Fsp3) is 0.163. The number of nitro benzene ring substituents is 2. The number of hydrogen-bond donors (Lipinski definition) is 2. The van der Waals surface area contributed by atoms with E-state index in [1.54, 1.807) is 91.0 Å². The fourth-order valence-electron chi connectivity index (χ4n) is 5.02. The van der Waals surface area contributed by atoms with Gasteiger partial charge in [0, 0.05) is 42.5 Å². The van der Waals surface area contributed by atoms with Crippen LogP contribution in [0.15, 0.2) is 109 Å². The number of rotatable bonds is 12. The van der Waals surface area contributed by atoms with Crippen LogP contribution in [0.25, 0.3) is 45.3 Å². The molecule has 0 radical (unpaired) electrons. The molecule has 4 N–H and O–H groups in total. The fourth-order valence-corrected chi connectivity index (χ4v) is 5.02. The molecule has 0 aliphatic heterocycles. The number of ether oxygens (including phenoxy) is 2. The summed E-state index contributed by atoms with van der Waals surface area (Å²) in [6.07, 6.45) is 6.95. The maximum Gasteiger partial charge on any atom is 0.337 e. The molecule has 0 unspecified atom stereocenters. The van der Waals surface area contributed by atoms with Gasteiger partial charge in [-0.3, -0.25) is 29.8 Å². The Labute approximate surface area is 360 Å². The lowest BCUT2D eigenvalue weighted by molar-refractivity contribution is -0.384. The molecule has 0 fully saturated rings. The average Bonchev–Trinajstić information content (AvgIpc) is 3.31. The van der Waals surface area contributed by atoms with Crippen LogP contribution in [0.5, 0.6) is 0 Å². The second-order valence-electron chi connectivity index (χ2n) is 12.4. The Morgan fingerprint density at radius 2 is 1.06 bits per heavy atom. The number of aromatic nitrogens is 6. The number of primary amides is 2. The topological polar surface area (TPSA) is 302 Å². The standard InChI is InChI=1S/C18H13N3O4.C16H11N5O4.C5H7NO.C4H9NO/c1-25-18(22)13-6-4-5-12(11-13)15-9-10-16(20-19-15)14-7-2-3-8-17(14)21(23)24;1-25-16(22)11-6-4-5-10(9-11)14-17-19-15(20-18-14)12-7-2-3-8-13(12)21(23)24;1-2-3-4-5(6)7;1-2-3-4(5)6/h2-11H,1H3;2-9H,1H3;1H,3-4H2,(H2,6,7);2-3H2,1H3,(H2,5,6). The molecular weight excluding hydrogens is 817 g/mol. The Bertz CT molecular complexity index is 2430. The zero-order chi connectivity index (χ0) is 46.3. The van der Waals surface area contributed by atoms with Crippen LogP contribution in [-0.4, -0.2) is 78.4 Å². The van der Waals surface area contributed by atoms with Gasteiger partial charge in [-0.1, -0.05) is 55.5 Å². The minimum atomic E-state index is -0.521. The molecule has 322 valence electrons. The van der Waals surface area contributed by atoms with Crippen molar-refractivity contribution in [2.24, 2.45) is 11.5 Å². The molecule has 2 amide bonds. The van der Waals surface area contributed by atoms with Crippen molar-refractivity contribution in [3.8, 4) is 57.6 Å². The van der Waals surface area contributed by atoms with Gasteiger partial charge in [0.25, 0.3) is 11.4 Å². The number of terminal acetylenes is 1. The van der Waals surface area contributed by atoms with E-state index in [1.165, 1.54) is 32.4 Å². The molecule has 0 aliphatic rings. The van der Waals surface area contributed by atoms with Crippen LogP contribution in [-0.2, 0) is 19.1 Å². The molecule has 4 aromatic carbocycles. The number of nitrogens with zero attached hydrogens (tertiary/aromatic N) is 8. The summed E-state index contributed by atoms with van der Waals surface area (Å²) in [6.45, 7) is 1.92. The van der Waals surface area contributed by atoms with E-state index in [0.29, 0.717) is 58.5 Å². The lowest BCUT2D eigenvalue weighted by Crippen LogP contribution is -2.08. The molecule has 0 bridgehead atoms. The van der Waals surface area contributed by atoms with Gasteiger partial charge in [0.1, 0.15) is 5.56 Å². The lowest BCUT2D eigenvalue weighted by Gasteiger charge is -2.05. The number of amides is 2. The van der Waals surface area contributed by atoms with Gasteiger partial charge < -0.3 is 20.9 Å². The van der Waals surface area contributed by atoms with E-state index in [0.717, 1.165) is 6.42 Å². The predicted molar refractivity (Wildman–Crippen MR) is 229 cm³/mol. The number of carbonyl (C=O) groups is 4. The van der Waals surface area contributed by atoms with Crippen molar-refractivity contribution in [3.05, 3.63) is 141 Å². The van der Waals surface area contributed by atoms with E-state index in [9.17, 15) is 39.4 Å². The van der Waals surface area contributed by atoms with Gasteiger partial charge in [-0.25, -0.2) is 9.59 Å². The van der Waals surface area contributed by atoms with Crippen LogP contribution in [0.2, 0.25) is 0 Å². The minimum Gasteiger partial charge on any atom is -0.465 e. The van der Waals surface area contributed by atoms with Gasteiger partial charge in [0.15, 0.2) is 0 Å². The van der Waals surface area contributed by atoms with Crippen molar-refractivity contribution in [1.29, 1.82) is 0 Å². The van der Waals surface area contributed by atoms with Gasteiger partial charge in [0.2, 0.25) is 23.5 Å². The highest BCUT2D eigenvalue weighted by Gasteiger charge is 2.19. The summed E-state index contributed by atoms with van der Waals surface area (Å²) < 4.78 is 9.37. The summed E-state index contributed by atoms with van der Waals surface area (Å²) in [7, 11) is 2.60. The molecule has 6 rings (SSSR count). The Morgan fingerprint density at radius 3 is 1.51 bits per heavy atom. The maximum absolute atomic E-state index is 11.6. The maximum atomic E-state index is 11.6. The molecule has 20 nitrogen and oxygen atoms in total. The first kappa shape index (κ1) is 48.5. The van der Waals surface area contributed by atoms with E-state index >= 15 is 0 Å². The molecule has 6 aromatic rings. The third kappa shape index (κ3) is 15.0. The Morgan fingerprint density at radius 1 is 0.603 bits per heavy atom. The highest BCUT2D eigenvalue weighted by molar-refractivity contribution is 5.91. The number of benzene rings is 4.